The number of hydrogen-bond donors (Lipinski definition) is 1. The van der Waals surface area contributed by atoms with Crippen LogP contribution in [0.4, 0.5) is 0 Å². The van der Waals surface area contributed by atoms with Crippen LogP contribution in [0.15, 0.2) is 24.3 Å². The number of para-hydroxylation sites is 1. The van der Waals surface area contributed by atoms with E-state index in [1.54, 1.807) is 0 Å². The van der Waals surface area contributed by atoms with Crippen molar-refractivity contribution in [2.24, 2.45) is 11.7 Å². The second kappa shape index (κ2) is 6.48. The predicted molar refractivity (Wildman–Crippen MR) is 82.0 cm³/mol. The van der Waals surface area contributed by atoms with Crippen molar-refractivity contribution in [2.45, 2.75) is 38.1 Å². The maximum Gasteiger partial charge on any atom is 0.223 e. The zero-order chi connectivity index (χ0) is 14.7. The number of amides is 1. The summed E-state index contributed by atoms with van der Waals surface area (Å²) in [6.07, 6.45) is 4.70. The van der Waals surface area contributed by atoms with E-state index >= 15 is 0 Å². The summed E-state index contributed by atoms with van der Waals surface area (Å²) in [6, 6.07) is 8.36. The quantitative estimate of drug-likeness (QED) is 0.847. The second-order valence-corrected chi connectivity index (χ2v) is 6.03. The lowest BCUT2D eigenvalue weighted by Gasteiger charge is -2.33. The van der Waals surface area contributed by atoms with Crippen molar-refractivity contribution in [1.82, 2.24) is 4.90 Å². The van der Waals surface area contributed by atoms with Gasteiger partial charge in [0.2, 0.25) is 5.91 Å². The average Bonchev–Trinajstić information content (AvgIpc) is 2.96. The number of nitrogens with two attached hydrogens (primary N) is 1. The monoisotopic (exact) mass is 288 g/mol. The van der Waals surface area contributed by atoms with Crippen LogP contribution in [0.2, 0.25) is 0 Å². The van der Waals surface area contributed by atoms with Crippen molar-refractivity contribution in [2.75, 3.05) is 19.7 Å². The van der Waals surface area contributed by atoms with Crippen LogP contribution in [0.5, 0.6) is 5.75 Å². The zero-order valence-corrected chi connectivity index (χ0v) is 12.5. The number of fused-ring (bicyclic) bond motifs is 3. The maximum absolute atomic E-state index is 12.5. The van der Waals surface area contributed by atoms with Gasteiger partial charge >= 0.3 is 0 Å². The van der Waals surface area contributed by atoms with Crippen molar-refractivity contribution in [3.8, 4) is 5.75 Å². The van der Waals surface area contributed by atoms with Gasteiger partial charge in [0.15, 0.2) is 0 Å². The third-order valence-corrected chi connectivity index (χ3v) is 4.63. The van der Waals surface area contributed by atoms with Gasteiger partial charge in [0.1, 0.15) is 5.75 Å². The highest BCUT2D eigenvalue weighted by Crippen LogP contribution is 2.44. The molecule has 3 rings (SSSR count). The number of rotatable bonds is 5. The summed E-state index contributed by atoms with van der Waals surface area (Å²) in [5, 5.41) is 0. The number of hydrogen-bond acceptors (Lipinski definition) is 3. The van der Waals surface area contributed by atoms with E-state index in [-0.39, 0.29) is 11.9 Å². The third kappa shape index (κ3) is 2.91. The molecule has 2 aliphatic heterocycles. The molecular weight excluding hydrogens is 264 g/mol. The summed E-state index contributed by atoms with van der Waals surface area (Å²) in [6.45, 7) is 2.31. The van der Waals surface area contributed by atoms with Gasteiger partial charge in [-0.05, 0) is 31.9 Å². The Kier molecular flexibility index (Phi) is 4.44. The van der Waals surface area contributed by atoms with Gasteiger partial charge in [-0.2, -0.15) is 0 Å². The molecule has 1 fully saturated rings. The molecular formula is C17H24N2O2. The fourth-order valence-corrected chi connectivity index (χ4v) is 3.53. The number of unbranched alkanes of at least 4 members (excludes halogenated alkanes) is 2. The molecule has 0 saturated carbocycles. The predicted octanol–water partition coefficient (Wildman–Crippen LogP) is 2.49. The normalized spacial score (nSPS) is 23.4. The third-order valence-electron chi connectivity index (χ3n) is 4.63. The minimum Gasteiger partial charge on any atom is -0.493 e. The molecule has 0 unspecified atom stereocenters. The molecule has 4 heteroatoms. The van der Waals surface area contributed by atoms with Crippen LogP contribution < -0.4 is 10.5 Å². The molecule has 1 amide bonds. The summed E-state index contributed by atoms with van der Waals surface area (Å²) >= 11 is 0. The summed E-state index contributed by atoms with van der Waals surface area (Å²) in [4.78, 5) is 14.6. The molecule has 0 aliphatic carbocycles. The van der Waals surface area contributed by atoms with E-state index in [4.69, 9.17) is 10.5 Å². The van der Waals surface area contributed by atoms with Crippen molar-refractivity contribution < 1.29 is 9.53 Å². The van der Waals surface area contributed by atoms with Gasteiger partial charge in [-0.15, -0.1) is 0 Å². The lowest BCUT2D eigenvalue weighted by Crippen LogP contribution is -2.35. The lowest BCUT2D eigenvalue weighted by atomic mass is 9.91. The summed E-state index contributed by atoms with van der Waals surface area (Å²) < 4.78 is 5.83. The van der Waals surface area contributed by atoms with Gasteiger partial charge in [0.25, 0.3) is 0 Å². The van der Waals surface area contributed by atoms with Crippen LogP contribution >= 0.6 is 0 Å². The van der Waals surface area contributed by atoms with E-state index in [1.165, 1.54) is 5.56 Å². The van der Waals surface area contributed by atoms with Crippen LogP contribution in [0.1, 0.15) is 43.7 Å². The minimum absolute atomic E-state index is 0.219. The van der Waals surface area contributed by atoms with E-state index < -0.39 is 0 Å². The fourth-order valence-electron chi connectivity index (χ4n) is 3.53. The van der Waals surface area contributed by atoms with Crippen LogP contribution in [0.25, 0.3) is 0 Å². The van der Waals surface area contributed by atoms with E-state index in [1.807, 2.05) is 18.2 Å². The number of nitrogens with zero attached hydrogens (tertiary/aromatic N) is 1. The van der Waals surface area contributed by atoms with Crippen LogP contribution in [-0.4, -0.2) is 30.5 Å². The van der Waals surface area contributed by atoms with Crippen molar-refractivity contribution in [1.29, 1.82) is 0 Å². The summed E-state index contributed by atoms with van der Waals surface area (Å²) in [5.41, 5.74) is 6.68. The number of benzene rings is 1. The first-order valence-electron chi connectivity index (χ1n) is 8.02. The van der Waals surface area contributed by atoms with Crippen molar-refractivity contribution in [3.05, 3.63) is 29.8 Å². The van der Waals surface area contributed by atoms with E-state index in [2.05, 4.69) is 11.0 Å². The number of likely N-dealkylation sites (tertiary alicyclic amines) is 1. The topological polar surface area (TPSA) is 55.6 Å². The highest BCUT2D eigenvalue weighted by atomic mass is 16.5. The molecule has 2 N–H and O–H groups in total. The van der Waals surface area contributed by atoms with Crippen LogP contribution in [-0.2, 0) is 4.79 Å². The van der Waals surface area contributed by atoms with Gasteiger partial charge in [-0.25, -0.2) is 0 Å². The Hall–Kier alpha value is -1.55. The molecule has 0 aromatic heterocycles. The molecule has 114 valence electrons. The minimum atomic E-state index is 0.219. The number of carbonyl (C=O) groups is 1. The molecule has 2 aliphatic rings. The summed E-state index contributed by atoms with van der Waals surface area (Å²) in [7, 11) is 0. The smallest absolute Gasteiger partial charge is 0.223 e. The second-order valence-electron chi connectivity index (χ2n) is 6.03. The fraction of sp³-hybridized carbons (Fsp3) is 0.588. The zero-order valence-electron chi connectivity index (χ0n) is 12.5. The lowest BCUT2D eigenvalue weighted by molar-refractivity contribution is -0.133. The van der Waals surface area contributed by atoms with Crippen molar-refractivity contribution >= 4 is 5.91 Å². The summed E-state index contributed by atoms with van der Waals surface area (Å²) in [5.74, 6) is 1.69. The molecule has 4 nitrogen and oxygen atoms in total. The van der Waals surface area contributed by atoms with Crippen LogP contribution in [0.3, 0.4) is 0 Å². The maximum atomic E-state index is 12.5. The van der Waals surface area contributed by atoms with E-state index in [0.717, 1.165) is 44.6 Å². The Morgan fingerprint density at radius 2 is 2.14 bits per heavy atom. The molecule has 0 radical (unpaired) electrons. The molecule has 0 bridgehead atoms. The van der Waals surface area contributed by atoms with Gasteiger partial charge in [0, 0.05) is 24.4 Å². The first-order chi connectivity index (χ1) is 10.3. The Bertz CT molecular complexity index is 503. The van der Waals surface area contributed by atoms with Gasteiger partial charge in [-0.3, -0.25) is 4.79 Å². The Morgan fingerprint density at radius 1 is 1.29 bits per heavy atom. The van der Waals surface area contributed by atoms with Gasteiger partial charge in [0.05, 0.1) is 12.6 Å². The Balaban J connectivity index is 1.69. The first kappa shape index (κ1) is 14.4. The number of ether oxygens (including phenoxy) is 1. The van der Waals surface area contributed by atoms with Crippen molar-refractivity contribution in [3.63, 3.8) is 0 Å². The Labute approximate surface area is 126 Å². The highest BCUT2D eigenvalue weighted by Gasteiger charge is 2.41. The molecule has 2 atom stereocenters. The molecule has 1 saturated heterocycles. The molecule has 2 heterocycles. The van der Waals surface area contributed by atoms with E-state index in [9.17, 15) is 4.79 Å². The standard InChI is InChI=1S/C17H24N2O2/c18-10-5-1-2-8-16(20)19-11-9-13-12-21-15-7-4-3-6-14(15)17(13)19/h3-4,6-7,13,17H,1-2,5,8-12,18H2/t13-,17-/m0/s1. The SMILES string of the molecule is NCCCCCC(=O)N1CC[C@H]2COc3ccccc3[C@H]21. The molecule has 1 aromatic rings. The number of carbonyl (C=O) groups excluding carboxylic acids is 1. The van der Waals surface area contributed by atoms with Gasteiger partial charge in [-0.1, -0.05) is 24.6 Å². The molecule has 21 heavy (non-hydrogen) atoms. The first-order valence-corrected chi connectivity index (χ1v) is 8.02. The Morgan fingerprint density at radius 3 is 3.00 bits per heavy atom. The molecule has 1 aromatic carbocycles. The largest absolute Gasteiger partial charge is 0.493 e. The average molecular weight is 288 g/mol. The highest BCUT2D eigenvalue weighted by molar-refractivity contribution is 5.77. The van der Waals surface area contributed by atoms with Gasteiger partial charge < -0.3 is 15.4 Å². The molecule has 0 spiro atoms. The van der Waals surface area contributed by atoms with E-state index in [0.29, 0.717) is 18.9 Å². The van der Waals surface area contributed by atoms with Crippen LogP contribution in [0, 0.1) is 5.92 Å².